The number of benzene rings is 1. The van der Waals surface area contributed by atoms with Gasteiger partial charge in [0.1, 0.15) is 11.4 Å². The largest absolute Gasteiger partial charge is 0.368 e. The highest BCUT2D eigenvalue weighted by Crippen LogP contribution is 2.25. The van der Waals surface area contributed by atoms with E-state index in [1.165, 1.54) is 0 Å². The highest BCUT2D eigenvalue weighted by Gasteiger charge is 2.39. The van der Waals surface area contributed by atoms with Crippen LogP contribution in [-0.2, 0) is 9.53 Å². The minimum absolute atomic E-state index is 0. The zero-order chi connectivity index (χ0) is 15.4. The van der Waals surface area contributed by atoms with E-state index in [1.54, 1.807) is 19.5 Å². The van der Waals surface area contributed by atoms with E-state index < -0.39 is 5.60 Å². The maximum atomic E-state index is 12.6. The van der Waals surface area contributed by atoms with Crippen LogP contribution in [0.5, 0.6) is 0 Å². The van der Waals surface area contributed by atoms with E-state index in [0.717, 1.165) is 30.2 Å². The lowest BCUT2D eigenvalue weighted by atomic mass is 9.91. The average Bonchev–Trinajstić information content (AvgIpc) is 3.10. The van der Waals surface area contributed by atoms with Crippen LogP contribution in [-0.4, -0.2) is 41.7 Å². The Kier molecular flexibility index (Phi) is 7.69. The second-order valence-electron chi connectivity index (χ2n) is 5.42. The van der Waals surface area contributed by atoms with E-state index in [0.29, 0.717) is 12.8 Å². The lowest BCUT2D eigenvalue weighted by Crippen LogP contribution is -2.51. The van der Waals surface area contributed by atoms with Crippen molar-refractivity contribution in [2.24, 2.45) is 0 Å². The lowest BCUT2D eigenvalue weighted by Gasteiger charge is -2.34. The monoisotopic (exact) mass is 372 g/mol. The number of aromatic amines is 1. The fraction of sp³-hybridized carbons (Fsp3) is 0.375. The van der Waals surface area contributed by atoms with Crippen molar-refractivity contribution in [2.75, 3.05) is 25.5 Å². The number of nitrogens with zero attached hydrogens (tertiary/aromatic N) is 1. The molecule has 1 aliphatic rings. The summed E-state index contributed by atoms with van der Waals surface area (Å²) in [6.07, 6.45) is 4.86. The van der Waals surface area contributed by atoms with Crippen LogP contribution in [0.4, 0.5) is 5.69 Å². The van der Waals surface area contributed by atoms with E-state index in [4.69, 9.17) is 4.74 Å². The van der Waals surface area contributed by atoms with Crippen LogP contribution < -0.4 is 10.6 Å². The van der Waals surface area contributed by atoms with Gasteiger partial charge in [-0.2, -0.15) is 0 Å². The zero-order valence-electron chi connectivity index (χ0n) is 13.4. The Labute approximate surface area is 153 Å². The van der Waals surface area contributed by atoms with E-state index in [-0.39, 0.29) is 30.7 Å². The SMILES string of the molecule is COC1(C(=O)Nc2ccc(-c3ncc[nH]3)cc2)CCNCC1.Cl.Cl. The molecule has 6 nitrogen and oxygen atoms in total. The summed E-state index contributed by atoms with van der Waals surface area (Å²) in [4.78, 5) is 19.8. The molecule has 0 saturated carbocycles. The predicted octanol–water partition coefficient (Wildman–Crippen LogP) is 2.63. The molecule has 0 bridgehead atoms. The summed E-state index contributed by atoms with van der Waals surface area (Å²) in [7, 11) is 1.60. The molecular formula is C16H22Cl2N4O2. The van der Waals surface area contributed by atoms with Crippen molar-refractivity contribution >= 4 is 36.4 Å². The number of halogens is 2. The number of carbonyl (C=O) groups is 1. The number of aromatic nitrogens is 2. The number of methoxy groups -OCH3 is 1. The van der Waals surface area contributed by atoms with E-state index in [1.807, 2.05) is 24.3 Å². The molecule has 1 amide bonds. The van der Waals surface area contributed by atoms with Crippen molar-refractivity contribution in [1.82, 2.24) is 15.3 Å². The average molecular weight is 373 g/mol. The van der Waals surface area contributed by atoms with Gasteiger partial charge < -0.3 is 20.4 Å². The first-order valence-electron chi connectivity index (χ1n) is 7.41. The number of anilines is 1. The molecule has 1 aromatic heterocycles. The fourth-order valence-corrected chi connectivity index (χ4v) is 2.73. The molecule has 0 unspecified atom stereocenters. The Balaban J connectivity index is 0.00000144. The third-order valence-electron chi connectivity index (χ3n) is 4.13. The maximum absolute atomic E-state index is 12.6. The molecule has 3 rings (SSSR count). The normalized spacial score (nSPS) is 15.7. The van der Waals surface area contributed by atoms with Crippen LogP contribution >= 0.6 is 24.8 Å². The molecule has 1 aromatic carbocycles. The first-order chi connectivity index (χ1) is 10.7. The molecule has 0 atom stereocenters. The molecule has 3 N–H and O–H groups in total. The Bertz CT molecular complexity index is 626. The molecule has 132 valence electrons. The maximum Gasteiger partial charge on any atom is 0.256 e. The van der Waals surface area contributed by atoms with Crippen LogP contribution in [0.2, 0.25) is 0 Å². The molecule has 0 aliphatic carbocycles. The summed E-state index contributed by atoms with van der Waals surface area (Å²) >= 11 is 0. The van der Waals surface area contributed by atoms with Crippen LogP contribution in [0.1, 0.15) is 12.8 Å². The number of imidazole rings is 1. The van der Waals surface area contributed by atoms with E-state index >= 15 is 0 Å². The summed E-state index contributed by atoms with van der Waals surface area (Å²) in [5.41, 5.74) is 1.01. The van der Waals surface area contributed by atoms with Crippen molar-refractivity contribution in [1.29, 1.82) is 0 Å². The first-order valence-corrected chi connectivity index (χ1v) is 7.41. The van der Waals surface area contributed by atoms with Gasteiger partial charge in [-0.05, 0) is 50.2 Å². The molecule has 1 aliphatic heterocycles. The van der Waals surface area contributed by atoms with Gasteiger partial charge in [0.25, 0.3) is 5.91 Å². The van der Waals surface area contributed by atoms with Gasteiger partial charge in [-0.25, -0.2) is 4.98 Å². The number of rotatable bonds is 4. The summed E-state index contributed by atoms with van der Waals surface area (Å²) in [5.74, 6) is 0.729. The number of nitrogens with one attached hydrogen (secondary N) is 3. The number of ether oxygens (including phenoxy) is 1. The molecule has 0 spiro atoms. The van der Waals surface area contributed by atoms with Crippen molar-refractivity contribution in [3.63, 3.8) is 0 Å². The van der Waals surface area contributed by atoms with Gasteiger partial charge in [0, 0.05) is 30.8 Å². The molecule has 1 saturated heterocycles. The van der Waals surface area contributed by atoms with Crippen LogP contribution in [0.3, 0.4) is 0 Å². The standard InChI is InChI=1S/C16H20N4O2.2ClH/c1-22-16(6-8-17-9-7-16)15(21)20-13-4-2-12(3-5-13)14-18-10-11-19-14;;/h2-5,10-11,17H,6-9H2,1H3,(H,18,19)(H,20,21);2*1H. The molecule has 2 heterocycles. The van der Waals surface area contributed by atoms with Crippen molar-refractivity contribution in [3.05, 3.63) is 36.7 Å². The van der Waals surface area contributed by atoms with Gasteiger partial charge in [-0.15, -0.1) is 24.8 Å². The van der Waals surface area contributed by atoms with E-state index in [9.17, 15) is 4.79 Å². The Morgan fingerprint density at radius 3 is 2.42 bits per heavy atom. The summed E-state index contributed by atoms with van der Waals surface area (Å²) < 4.78 is 5.53. The summed E-state index contributed by atoms with van der Waals surface area (Å²) in [6.45, 7) is 1.58. The van der Waals surface area contributed by atoms with Crippen LogP contribution in [0.15, 0.2) is 36.7 Å². The lowest BCUT2D eigenvalue weighted by molar-refractivity contribution is -0.140. The molecule has 0 radical (unpaired) electrons. The predicted molar refractivity (Wildman–Crippen MR) is 99.0 cm³/mol. The van der Waals surface area contributed by atoms with Gasteiger partial charge in [0.15, 0.2) is 0 Å². The van der Waals surface area contributed by atoms with Crippen LogP contribution in [0, 0.1) is 0 Å². The number of carbonyl (C=O) groups excluding carboxylic acids is 1. The number of piperidine rings is 1. The quantitative estimate of drug-likeness (QED) is 0.770. The van der Waals surface area contributed by atoms with Gasteiger partial charge in [0.05, 0.1) is 0 Å². The molecular weight excluding hydrogens is 351 g/mol. The van der Waals surface area contributed by atoms with Crippen molar-refractivity contribution in [3.8, 4) is 11.4 Å². The van der Waals surface area contributed by atoms with E-state index in [2.05, 4.69) is 20.6 Å². The second kappa shape index (κ2) is 9.03. The topological polar surface area (TPSA) is 79.0 Å². The Hall–Kier alpha value is -1.60. The smallest absolute Gasteiger partial charge is 0.256 e. The van der Waals surface area contributed by atoms with Gasteiger partial charge in [-0.3, -0.25) is 4.79 Å². The van der Waals surface area contributed by atoms with Crippen molar-refractivity contribution in [2.45, 2.75) is 18.4 Å². The third kappa shape index (κ3) is 4.27. The highest BCUT2D eigenvalue weighted by molar-refractivity contribution is 5.97. The minimum Gasteiger partial charge on any atom is -0.368 e. The zero-order valence-corrected chi connectivity index (χ0v) is 15.0. The van der Waals surface area contributed by atoms with Gasteiger partial charge in [0.2, 0.25) is 0 Å². The van der Waals surface area contributed by atoms with Crippen LogP contribution in [0.25, 0.3) is 11.4 Å². The fourth-order valence-electron chi connectivity index (χ4n) is 2.73. The molecule has 1 fully saturated rings. The van der Waals surface area contributed by atoms with Crippen molar-refractivity contribution < 1.29 is 9.53 Å². The number of H-pyrrole nitrogens is 1. The third-order valence-corrected chi connectivity index (χ3v) is 4.13. The molecule has 24 heavy (non-hydrogen) atoms. The van der Waals surface area contributed by atoms with Gasteiger partial charge in [-0.1, -0.05) is 0 Å². The summed E-state index contributed by atoms with van der Waals surface area (Å²) in [6, 6.07) is 7.60. The minimum atomic E-state index is -0.731. The number of hydrogen-bond donors (Lipinski definition) is 3. The second-order valence-corrected chi connectivity index (χ2v) is 5.42. The number of amides is 1. The molecule has 8 heteroatoms. The highest BCUT2D eigenvalue weighted by atomic mass is 35.5. The summed E-state index contributed by atoms with van der Waals surface area (Å²) in [5, 5.41) is 6.20. The number of hydrogen-bond acceptors (Lipinski definition) is 4. The Morgan fingerprint density at radius 1 is 1.21 bits per heavy atom. The molecule has 2 aromatic rings. The first kappa shape index (κ1) is 20.4. The Morgan fingerprint density at radius 2 is 1.88 bits per heavy atom. The van der Waals surface area contributed by atoms with Gasteiger partial charge >= 0.3 is 0 Å².